The molecule has 0 aromatic rings. The summed E-state index contributed by atoms with van der Waals surface area (Å²) in [6, 6.07) is 0. The molecular weight excluding hydrogens is 989 g/mol. The van der Waals surface area contributed by atoms with E-state index in [4.69, 9.17) is 9.47 Å². The van der Waals surface area contributed by atoms with Crippen LogP contribution in [0.25, 0.3) is 0 Å². The Labute approximate surface area is 477 Å². The van der Waals surface area contributed by atoms with Gasteiger partial charge in [0.05, 0.1) is 13.2 Å². The lowest BCUT2D eigenvalue weighted by Crippen LogP contribution is -2.51. The molecule has 440 valence electrons. The summed E-state index contributed by atoms with van der Waals surface area (Å²) in [4.78, 5) is 85.2. The molecule has 12 aliphatic rings. The number of hydrogen-bond acceptors (Lipinski definition) is 10. The van der Waals surface area contributed by atoms with Crippen LogP contribution >= 0.6 is 0 Å². The second kappa shape index (κ2) is 24.0. The van der Waals surface area contributed by atoms with Gasteiger partial charge in [-0.3, -0.25) is 33.6 Å². The van der Waals surface area contributed by atoms with Gasteiger partial charge in [-0.25, -0.2) is 0 Å². The van der Waals surface area contributed by atoms with Gasteiger partial charge in [-0.05, 0) is 210 Å². The topological polar surface area (TPSA) is 158 Å². The molecule has 9 fully saturated rings. The summed E-state index contributed by atoms with van der Waals surface area (Å²) in [6.45, 7) is 18.2. The first-order valence-electron chi connectivity index (χ1n) is 28.9. The second-order valence-electron chi connectivity index (χ2n) is 26.4. The number of aliphatic hydroxyl groups excluding tert-OH is 1. The Morgan fingerprint density at radius 2 is 0.772 bits per heavy atom. The van der Waals surface area contributed by atoms with E-state index in [0.29, 0.717) is 83.8 Å². The highest BCUT2D eigenvalue weighted by molar-refractivity contribution is 6.03. The van der Waals surface area contributed by atoms with Crippen molar-refractivity contribution >= 4 is 40.7 Å². The Morgan fingerprint density at radius 1 is 0.456 bits per heavy atom. The minimum Gasteiger partial charge on any atom is -0.461 e. The molecule has 0 bridgehead atoms. The fourth-order valence-corrected chi connectivity index (χ4v) is 19.6. The van der Waals surface area contributed by atoms with Crippen molar-refractivity contribution in [3.63, 3.8) is 0 Å². The molecule has 0 unspecified atom stereocenters. The van der Waals surface area contributed by atoms with E-state index < -0.39 is 0 Å². The molecule has 0 aliphatic heterocycles. The van der Waals surface area contributed by atoms with Crippen molar-refractivity contribution in [3.05, 3.63) is 69.9 Å². The number of fused-ring (bicyclic) bond motifs is 15. The maximum absolute atomic E-state index is 12.5. The SMILES string of the molecule is C.C.C.C.C.CC(=O)OCC1=CC(=O)C=C2CC[C@@H]3[C@H](CC[C@]4(C)C(=O)CC[C@@H]34)[C@]21C.CCOCC1=CC(=O)C=C2CC[C@@H]3[C@H](CC[C@]4(C)C(=O)CC[C@@H]34)[C@]21C.C[C@]12C(CO)=CC(=O)C=C1CC[C@@H]1[C@@H]2CC[C@]2(C)C(=O)CC[C@@H]12. The molecule has 0 aromatic carbocycles. The minimum atomic E-state index is -0.317. The largest absolute Gasteiger partial charge is 0.461 e. The minimum absolute atomic E-state index is 0. The van der Waals surface area contributed by atoms with Crippen molar-refractivity contribution in [2.75, 3.05) is 26.4 Å². The van der Waals surface area contributed by atoms with Crippen molar-refractivity contribution in [1.82, 2.24) is 0 Å². The van der Waals surface area contributed by atoms with Gasteiger partial charge in [-0.15, -0.1) is 0 Å². The number of esters is 1. The van der Waals surface area contributed by atoms with E-state index in [1.54, 1.807) is 18.2 Å². The highest BCUT2D eigenvalue weighted by Gasteiger charge is 2.63. The molecule has 0 aromatic heterocycles. The summed E-state index contributed by atoms with van der Waals surface area (Å²) in [5.41, 5.74) is 5.90. The Balaban J connectivity index is 0.000000212. The number of hydrogen-bond donors (Lipinski definition) is 1. The van der Waals surface area contributed by atoms with Gasteiger partial charge in [0.2, 0.25) is 0 Å². The number of carbonyl (C=O) groups is 7. The van der Waals surface area contributed by atoms with Gasteiger partial charge in [0.1, 0.15) is 24.0 Å². The van der Waals surface area contributed by atoms with Gasteiger partial charge < -0.3 is 14.6 Å². The molecular formula is C69H104O10. The van der Waals surface area contributed by atoms with Crippen molar-refractivity contribution in [1.29, 1.82) is 0 Å². The first-order chi connectivity index (χ1) is 35.1. The van der Waals surface area contributed by atoms with Crippen LogP contribution in [0.15, 0.2) is 69.9 Å². The van der Waals surface area contributed by atoms with Crippen molar-refractivity contribution < 1.29 is 48.1 Å². The van der Waals surface area contributed by atoms with E-state index in [1.165, 1.54) is 29.2 Å². The maximum atomic E-state index is 12.5. The van der Waals surface area contributed by atoms with Crippen LogP contribution in [0.5, 0.6) is 0 Å². The molecule has 0 heterocycles. The summed E-state index contributed by atoms with van der Waals surface area (Å²) in [5, 5.41) is 9.88. The molecule has 10 heteroatoms. The molecule has 1 N–H and O–H groups in total. The number of ketones is 6. The van der Waals surface area contributed by atoms with E-state index >= 15 is 0 Å². The molecule has 79 heavy (non-hydrogen) atoms. The quantitative estimate of drug-likeness (QED) is 0.254. The maximum Gasteiger partial charge on any atom is 0.302 e. The van der Waals surface area contributed by atoms with Gasteiger partial charge in [0.25, 0.3) is 0 Å². The molecule has 0 amide bonds. The number of ether oxygens (including phenoxy) is 2. The summed E-state index contributed by atoms with van der Waals surface area (Å²) in [7, 11) is 0. The van der Waals surface area contributed by atoms with E-state index in [2.05, 4.69) is 41.5 Å². The molecule has 10 nitrogen and oxygen atoms in total. The lowest BCUT2D eigenvalue weighted by molar-refractivity contribution is -0.141. The highest BCUT2D eigenvalue weighted by atomic mass is 16.5. The number of carbonyl (C=O) groups excluding carboxylic acids is 7. The zero-order chi connectivity index (χ0) is 52.9. The number of rotatable bonds is 6. The molecule has 12 aliphatic carbocycles. The van der Waals surface area contributed by atoms with E-state index in [1.807, 2.05) is 25.2 Å². The number of allylic oxidation sites excluding steroid dienone is 9. The molecule has 0 saturated heterocycles. The molecule has 9 saturated carbocycles. The Kier molecular flexibility index (Phi) is 19.9. The summed E-state index contributed by atoms with van der Waals surface area (Å²) < 4.78 is 11.0. The van der Waals surface area contributed by atoms with Crippen LogP contribution < -0.4 is 0 Å². The van der Waals surface area contributed by atoms with Crippen LogP contribution in [0.4, 0.5) is 0 Å². The third-order valence-corrected chi connectivity index (χ3v) is 23.9. The van der Waals surface area contributed by atoms with Crippen LogP contribution in [0.1, 0.15) is 208 Å². The van der Waals surface area contributed by atoms with Crippen molar-refractivity contribution in [3.8, 4) is 0 Å². The Hall–Kier alpha value is -4.15. The monoisotopic (exact) mass is 1090 g/mol. The highest BCUT2D eigenvalue weighted by Crippen LogP contribution is 2.68. The first kappa shape index (κ1) is 65.7. The molecule has 0 radical (unpaired) electrons. The Bertz CT molecular complexity index is 2600. The normalized spacial score (nSPS) is 40.6. The first-order valence-corrected chi connectivity index (χ1v) is 28.9. The van der Waals surface area contributed by atoms with Gasteiger partial charge in [-0.1, -0.05) is 95.4 Å². The zero-order valence-corrected chi connectivity index (χ0v) is 45.8. The van der Waals surface area contributed by atoms with Gasteiger partial charge in [-0.2, -0.15) is 0 Å². The lowest BCUT2D eigenvalue weighted by Gasteiger charge is -2.57. The van der Waals surface area contributed by atoms with E-state index in [-0.39, 0.29) is 106 Å². The fraction of sp³-hybridized carbons (Fsp3) is 0.725. The second-order valence-corrected chi connectivity index (χ2v) is 26.4. The van der Waals surface area contributed by atoms with E-state index in [9.17, 15) is 38.7 Å². The molecule has 0 spiro atoms. The standard InChI is InChI=1S/C22H28O4.C22H30O3.C20H26O3.5CH4/c1-13(23)26-12-15-11-16(24)10-14-4-5-17-18-6-7-20(25)21(18,2)9-8-19(17)22(14,15)3;1-4-25-13-15-12-16(23)11-14-5-6-17-18-7-8-20(24)21(18,2)10-9-19(17)22(14,15)3;1-19-8-7-17-15(16(19)5-6-18(19)23)4-3-12-9-14(22)10-13(11-21)20(12,17)2;;;;;/h10-11,17-19H,4-9,12H2,1-3H3;11-12,17-19H,4-10,13H2,1-3H3;9-10,15-17,21H,3-8,11H2,1-2H3;5*1H4/t2*17-,18-,19-,21-,22+;15-,16-,17-,19-,20+;;;;;/m000...../s1. The number of aliphatic hydroxyl groups is 1. The molecule has 15 atom stereocenters. The van der Waals surface area contributed by atoms with Gasteiger partial charge in [0.15, 0.2) is 17.3 Å². The van der Waals surface area contributed by atoms with Crippen LogP contribution in [-0.2, 0) is 43.0 Å². The van der Waals surface area contributed by atoms with Crippen molar-refractivity contribution in [2.24, 2.45) is 85.8 Å². The molecule has 12 rings (SSSR count). The lowest BCUT2D eigenvalue weighted by atomic mass is 9.47. The predicted molar refractivity (Wildman–Crippen MR) is 316 cm³/mol. The Morgan fingerprint density at radius 3 is 1.09 bits per heavy atom. The van der Waals surface area contributed by atoms with Crippen LogP contribution in [0.3, 0.4) is 0 Å². The van der Waals surface area contributed by atoms with Crippen LogP contribution in [0.2, 0.25) is 0 Å². The van der Waals surface area contributed by atoms with Crippen LogP contribution in [0, 0.1) is 85.8 Å². The fourth-order valence-electron chi connectivity index (χ4n) is 19.6. The third-order valence-electron chi connectivity index (χ3n) is 23.9. The van der Waals surface area contributed by atoms with Gasteiger partial charge in [0, 0.05) is 65.3 Å². The average Bonchev–Trinajstić information content (AvgIpc) is 3.97. The van der Waals surface area contributed by atoms with E-state index in [0.717, 1.165) is 127 Å². The van der Waals surface area contributed by atoms with Gasteiger partial charge >= 0.3 is 5.97 Å². The van der Waals surface area contributed by atoms with Crippen molar-refractivity contribution in [2.45, 2.75) is 208 Å². The average molecular weight is 1090 g/mol. The predicted octanol–water partition coefficient (Wildman–Crippen LogP) is 14.5. The van der Waals surface area contributed by atoms with Crippen LogP contribution in [-0.4, -0.2) is 72.2 Å². The zero-order valence-electron chi connectivity index (χ0n) is 45.8. The third kappa shape index (κ3) is 10.3. The summed E-state index contributed by atoms with van der Waals surface area (Å²) in [6.07, 6.45) is 28.2. The smallest absolute Gasteiger partial charge is 0.302 e. The number of Topliss-reactive ketones (excluding diaryl/α,β-unsaturated/α-hetero) is 3. The summed E-state index contributed by atoms with van der Waals surface area (Å²) in [5.74, 6) is 5.79. The summed E-state index contributed by atoms with van der Waals surface area (Å²) >= 11 is 0.